The van der Waals surface area contributed by atoms with Crippen LogP contribution in [0, 0.1) is 0 Å². The molecule has 0 bridgehead atoms. The quantitative estimate of drug-likeness (QED) is 0.746. The second kappa shape index (κ2) is 7.28. The van der Waals surface area contributed by atoms with Gasteiger partial charge in [0, 0.05) is 19.1 Å². The topological polar surface area (TPSA) is 78.9 Å². The summed E-state index contributed by atoms with van der Waals surface area (Å²) in [6, 6.07) is 0.245. The number of hydrogen-bond acceptors (Lipinski definition) is 3. The van der Waals surface area contributed by atoms with E-state index in [4.69, 9.17) is 9.84 Å². The number of aliphatic carboxylic acids is 1. The van der Waals surface area contributed by atoms with Crippen LogP contribution in [-0.2, 0) is 9.53 Å². The van der Waals surface area contributed by atoms with Gasteiger partial charge in [0.25, 0.3) is 0 Å². The maximum atomic E-state index is 12.0. The van der Waals surface area contributed by atoms with Gasteiger partial charge in [-0.3, -0.25) is 4.79 Å². The highest BCUT2D eigenvalue weighted by molar-refractivity contribution is 5.74. The molecule has 2 aliphatic rings. The third kappa shape index (κ3) is 4.52. The fourth-order valence-corrected chi connectivity index (χ4v) is 2.54. The number of nitrogens with zero attached hydrogens (tertiary/aromatic N) is 1. The number of likely N-dealkylation sites (tertiary alicyclic amines) is 1. The number of carboxylic acids is 1. The summed E-state index contributed by atoms with van der Waals surface area (Å²) in [5.74, 6) is -0.841. The second-order valence-corrected chi connectivity index (χ2v) is 5.29. The maximum Gasteiger partial charge on any atom is 0.317 e. The first-order valence-corrected chi connectivity index (χ1v) is 7.19. The van der Waals surface area contributed by atoms with E-state index in [1.807, 2.05) is 4.90 Å². The molecule has 2 rings (SSSR count). The molecule has 1 aliphatic carbocycles. The number of carbonyl (C=O) groups is 2. The van der Waals surface area contributed by atoms with Gasteiger partial charge in [-0.1, -0.05) is 12.2 Å². The number of hydrogen-bond donors (Lipinski definition) is 2. The lowest BCUT2D eigenvalue weighted by Crippen LogP contribution is -2.48. The van der Waals surface area contributed by atoms with Crippen LogP contribution in [0.3, 0.4) is 0 Å². The van der Waals surface area contributed by atoms with Gasteiger partial charge in [0.15, 0.2) is 0 Å². The smallest absolute Gasteiger partial charge is 0.317 e. The van der Waals surface area contributed by atoms with E-state index in [1.54, 1.807) is 0 Å². The van der Waals surface area contributed by atoms with Crippen LogP contribution in [0.1, 0.15) is 32.1 Å². The number of ether oxygens (including phenoxy) is 1. The van der Waals surface area contributed by atoms with Gasteiger partial charge in [-0.25, -0.2) is 4.79 Å². The van der Waals surface area contributed by atoms with E-state index < -0.39 is 5.97 Å². The van der Waals surface area contributed by atoms with E-state index in [1.165, 1.54) is 0 Å². The Kier molecular flexibility index (Phi) is 5.40. The van der Waals surface area contributed by atoms with Crippen LogP contribution in [0.2, 0.25) is 0 Å². The number of piperidine rings is 1. The first-order chi connectivity index (χ1) is 9.65. The van der Waals surface area contributed by atoms with Gasteiger partial charge in [-0.15, -0.1) is 0 Å². The van der Waals surface area contributed by atoms with Crippen molar-refractivity contribution in [3.63, 3.8) is 0 Å². The highest BCUT2D eigenvalue weighted by atomic mass is 16.5. The standard InChI is InChI=1S/C14H22N2O4/c17-13(18)7-10-20-12-5-8-16(9-6-12)14(19)15-11-3-1-2-4-11/h1-2,11-12H,3-10H2,(H,15,19)(H,17,18). The minimum absolute atomic E-state index is 0.00249. The molecule has 2 N–H and O–H groups in total. The first-order valence-electron chi connectivity index (χ1n) is 7.19. The third-order valence-electron chi connectivity index (χ3n) is 3.73. The Morgan fingerprint density at radius 2 is 1.90 bits per heavy atom. The van der Waals surface area contributed by atoms with Crippen LogP contribution in [0.15, 0.2) is 12.2 Å². The van der Waals surface area contributed by atoms with Crippen molar-refractivity contribution in [1.82, 2.24) is 10.2 Å². The molecule has 1 heterocycles. The fraction of sp³-hybridized carbons (Fsp3) is 0.714. The number of rotatable bonds is 5. The molecule has 0 spiro atoms. The number of carboxylic acid groups (broad SMARTS) is 1. The summed E-state index contributed by atoms with van der Waals surface area (Å²) in [6.45, 7) is 1.59. The molecular weight excluding hydrogens is 260 g/mol. The summed E-state index contributed by atoms with van der Waals surface area (Å²) in [6.07, 6.45) is 7.68. The van der Waals surface area contributed by atoms with Gasteiger partial charge in [0.2, 0.25) is 0 Å². The molecular formula is C14H22N2O4. The van der Waals surface area contributed by atoms with Crippen molar-refractivity contribution in [1.29, 1.82) is 0 Å². The number of urea groups is 1. The molecule has 20 heavy (non-hydrogen) atoms. The van der Waals surface area contributed by atoms with E-state index in [0.717, 1.165) is 25.7 Å². The molecule has 1 aliphatic heterocycles. The lowest BCUT2D eigenvalue weighted by atomic mass is 10.1. The van der Waals surface area contributed by atoms with Gasteiger partial charge in [0.05, 0.1) is 19.1 Å². The summed E-state index contributed by atoms with van der Waals surface area (Å²) in [5, 5.41) is 11.6. The molecule has 0 aromatic heterocycles. The zero-order valence-corrected chi connectivity index (χ0v) is 11.6. The molecule has 0 atom stereocenters. The summed E-state index contributed by atoms with van der Waals surface area (Å²) < 4.78 is 5.51. The van der Waals surface area contributed by atoms with Gasteiger partial charge >= 0.3 is 12.0 Å². The molecule has 1 saturated heterocycles. The van der Waals surface area contributed by atoms with Gasteiger partial charge in [-0.2, -0.15) is 0 Å². The van der Waals surface area contributed by atoms with Crippen molar-refractivity contribution >= 4 is 12.0 Å². The fourth-order valence-electron chi connectivity index (χ4n) is 2.54. The van der Waals surface area contributed by atoms with Crippen LogP contribution >= 0.6 is 0 Å². The first kappa shape index (κ1) is 14.8. The molecule has 0 radical (unpaired) electrons. The van der Waals surface area contributed by atoms with Gasteiger partial charge in [0.1, 0.15) is 0 Å². The zero-order chi connectivity index (χ0) is 14.4. The summed E-state index contributed by atoms with van der Waals surface area (Å²) in [4.78, 5) is 24.2. The van der Waals surface area contributed by atoms with Gasteiger partial charge < -0.3 is 20.1 Å². The van der Waals surface area contributed by atoms with Crippen LogP contribution in [-0.4, -0.2) is 53.8 Å². The molecule has 6 nitrogen and oxygen atoms in total. The summed E-state index contributed by atoms with van der Waals surface area (Å²) in [5.41, 5.74) is 0. The third-order valence-corrected chi connectivity index (χ3v) is 3.73. The van der Waals surface area contributed by atoms with Crippen molar-refractivity contribution < 1.29 is 19.4 Å². The van der Waals surface area contributed by atoms with Crippen LogP contribution in [0.4, 0.5) is 4.79 Å². The molecule has 0 aromatic rings. The Morgan fingerprint density at radius 1 is 1.25 bits per heavy atom. The van der Waals surface area contributed by atoms with Crippen LogP contribution < -0.4 is 5.32 Å². The van der Waals surface area contributed by atoms with E-state index in [0.29, 0.717) is 13.1 Å². The van der Waals surface area contributed by atoms with Crippen molar-refractivity contribution in [3.8, 4) is 0 Å². The van der Waals surface area contributed by atoms with Crippen molar-refractivity contribution in [2.24, 2.45) is 0 Å². The molecule has 2 amide bonds. The second-order valence-electron chi connectivity index (χ2n) is 5.29. The lowest BCUT2D eigenvalue weighted by molar-refractivity contribution is -0.138. The van der Waals surface area contributed by atoms with E-state index in [-0.39, 0.29) is 31.2 Å². The molecule has 0 unspecified atom stereocenters. The summed E-state index contributed by atoms with van der Waals surface area (Å²) >= 11 is 0. The number of amides is 2. The van der Waals surface area contributed by atoms with Crippen LogP contribution in [0.25, 0.3) is 0 Å². The molecule has 112 valence electrons. The van der Waals surface area contributed by atoms with Crippen molar-refractivity contribution in [2.75, 3.05) is 19.7 Å². The minimum atomic E-state index is -0.841. The number of carbonyl (C=O) groups excluding carboxylic acids is 1. The Hall–Kier alpha value is -1.56. The highest BCUT2D eigenvalue weighted by Gasteiger charge is 2.24. The van der Waals surface area contributed by atoms with E-state index in [9.17, 15) is 9.59 Å². The normalized spacial score (nSPS) is 20.3. The van der Waals surface area contributed by atoms with E-state index in [2.05, 4.69) is 17.5 Å². The average molecular weight is 282 g/mol. The van der Waals surface area contributed by atoms with E-state index >= 15 is 0 Å². The molecule has 1 fully saturated rings. The van der Waals surface area contributed by atoms with Crippen LogP contribution in [0.5, 0.6) is 0 Å². The van der Waals surface area contributed by atoms with Gasteiger partial charge in [-0.05, 0) is 25.7 Å². The predicted octanol–water partition coefficient (Wildman–Crippen LogP) is 1.37. The minimum Gasteiger partial charge on any atom is -0.481 e. The average Bonchev–Trinajstić information content (AvgIpc) is 2.92. The maximum absolute atomic E-state index is 12.0. The van der Waals surface area contributed by atoms with Crippen molar-refractivity contribution in [2.45, 2.75) is 44.2 Å². The van der Waals surface area contributed by atoms with Crippen molar-refractivity contribution in [3.05, 3.63) is 12.2 Å². The Balaban J connectivity index is 1.63. The Bertz CT molecular complexity index is 367. The summed E-state index contributed by atoms with van der Waals surface area (Å²) in [7, 11) is 0. The molecule has 0 saturated carbocycles. The molecule has 6 heteroatoms. The largest absolute Gasteiger partial charge is 0.481 e. The lowest BCUT2D eigenvalue weighted by Gasteiger charge is -2.32. The zero-order valence-electron chi connectivity index (χ0n) is 11.6. The Labute approximate surface area is 118 Å². The highest BCUT2D eigenvalue weighted by Crippen LogP contribution is 2.15. The molecule has 0 aromatic carbocycles. The Morgan fingerprint density at radius 3 is 2.50 bits per heavy atom. The SMILES string of the molecule is O=C(O)CCOC1CCN(C(=O)NC2CC=CC2)CC1. The number of nitrogens with one attached hydrogen (secondary N) is 1. The predicted molar refractivity (Wildman–Crippen MR) is 73.5 cm³/mol. The monoisotopic (exact) mass is 282 g/mol.